The lowest BCUT2D eigenvalue weighted by atomic mass is 10.1. The van der Waals surface area contributed by atoms with Gasteiger partial charge in [-0.1, -0.05) is 28.1 Å². The van der Waals surface area contributed by atoms with Gasteiger partial charge < -0.3 is 10.8 Å². The molecule has 78 valence electrons. The van der Waals surface area contributed by atoms with Crippen LogP contribution in [0.2, 0.25) is 0 Å². The third-order valence-corrected chi connectivity index (χ3v) is 2.71. The van der Waals surface area contributed by atoms with E-state index in [-0.39, 0.29) is 6.10 Å². The number of aliphatic hydroxyl groups is 1. The fourth-order valence-corrected chi connectivity index (χ4v) is 1.59. The highest BCUT2D eigenvalue weighted by Crippen LogP contribution is 2.12. The van der Waals surface area contributed by atoms with Crippen LogP contribution in [0.5, 0.6) is 0 Å². The van der Waals surface area contributed by atoms with Crippen LogP contribution in [0, 0.1) is 0 Å². The number of rotatable bonds is 5. The topological polar surface area (TPSA) is 46.2 Å². The molecule has 0 saturated carbocycles. The summed E-state index contributed by atoms with van der Waals surface area (Å²) < 4.78 is 1.09. The molecule has 3 heteroatoms. The largest absolute Gasteiger partial charge is 0.393 e. The van der Waals surface area contributed by atoms with Gasteiger partial charge in [-0.3, -0.25) is 0 Å². The van der Waals surface area contributed by atoms with Crippen molar-refractivity contribution in [2.45, 2.75) is 25.4 Å². The fraction of sp³-hybridized carbons (Fsp3) is 0.455. The molecule has 1 atom stereocenters. The molecule has 1 aromatic rings. The Kier molecular flexibility index (Phi) is 5.15. The van der Waals surface area contributed by atoms with Gasteiger partial charge in [-0.15, -0.1) is 0 Å². The zero-order valence-electron chi connectivity index (χ0n) is 8.12. The Morgan fingerprint density at radius 1 is 1.21 bits per heavy atom. The number of hydrogen-bond acceptors (Lipinski definition) is 2. The average Bonchev–Trinajstić information content (AvgIpc) is 2.17. The second-order valence-corrected chi connectivity index (χ2v) is 4.31. The van der Waals surface area contributed by atoms with Crippen LogP contribution in [0.1, 0.15) is 18.4 Å². The monoisotopic (exact) mass is 257 g/mol. The second kappa shape index (κ2) is 6.17. The van der Waals surface area contributed by atoms with Crippen molar-refractivity contribution in [3.8, 4) is 0 Å². The molecule has 1 aromatic carbocycles. The Labute approximate surface area is 93.3 Å². The Balaban J connectivity index is 2.34. The minimum absolute atomic E-state index is 0.261. The third-order valence-electron chi connectivity index (χ3n) is 2.18. The molecule has 0 unspecified atom stereocenters. The Bertz CT molecular complexity index is 260. The molecule has 1 rings (SSSR count). The predicted molar refractivity (Wildman–Crippen MR) is 62.1 cm³/mol. The summed E-state index contributed by atoms with van der Waals surface area (Å²) in [6.45, 7) is 0.557. The van der Waals surface area contributed by atoms with E-state index in [2.05, 4.69) is 28.1 Å². The molecule has 0 aromatic heterocycles. The fourth-order valence-electron chi connectivity index (χ4n) is 1.32. The van der Waals surface area contributed by atoms with Crippen LogP contribution in [0.4, 0.5) is 0 Å². The van der Waals surface area contributed by atoms with Crippen molar-refractivity contribution in [2.75, 3.05) is 6.54 Å². The van der Waals surface area contributed by atoms with Crippen LogP contribution in [0.15, 0.2) is 28.7 Å². The molecule has 0 aliphatic heterocycles. The maximum absolute atomic E-state index is 9.48. The van der Waals surface area contributed by atoms with Crippen molar-refractivity contribution < 1.29 is 5.11 Å². The van der Waals surface area contributed by atoms with Gasteiger partial charge in [-0.05, 0) is 43.5 Å². The number of nitrogens with two attached hydrogens (primary N) is 1. The van der Waals surface area contributed by atoms with Crippen LogP contribution in [-0.2, 0) is 6.42 Å². The summed E-state index contributed by atoms with van der Waals surface area (Å²) >= 11 is 3.38. The summed E-state index contributed by atoms with van der Waals surface area (Å²) in [5, 5.41) is 9.48. The predicted octanol–water partition coefficient (Wildman–Crippen LogP) is 2.09. The van der Waals surface area contributed by atoms with E-state index >= 15 is 0 Å². The molecule has 2 nitrogen and oxygen atoms in total. The molecule has 14 heavy (non-hydrogen) atoms. The number of aryl methyl sites for hydroxylation is 1. The highest BCUT2D eigenvalue weighted by Gasteiger charge is 2.02. The van der Waals surface area contributed by atoms with Gasteiger partial charge in [0.2, 0.25) is 0 Å². The van der Waals surface area contributed by atoms with Gasteiger partial charge in [-0.2, -0.15) is 0 Å². The number of halogens is 1. The molecule has 0 saturated heterocycles. The Morgan fingerprint density at radius 2 is 1.86 bits per heavy atom. The quantitative estimate of drug-likeness (QED) is 0.849. The normalized spacial score (nSPS) is 12.8. The molecule has 0 fully saturated rings. The van der Waals surface area contributed by atoms with E-state index in [4.69, 9.17) is 5.73 Å². The minimum Gasteiger partial charge on any atom is -0.393 e. The van der Waals surface area contributed by atoms with E-state index < -0.39 is 0 Å². The lowest BCUT2D eigenvalue weighted by Crippen LogP contribution is -2.14. The summed E-state index contributed by atoms with van der Waals surface area (Å²) in [6.07, 6.45) is 2.13. The van der Waals surface area contributed by atoms with Gasteiger partial charge in [-0.25, -0.2) is 0 Å². The molecule has 0 spiro atoms. The number of benzene rings is 1. The lowest BCUT2D eigenvalue weighted by Gasteiger charge is -2.08. The van der Waals surface area contributed by atoms with Crippen LogP contribution in [0.25, 0.3) is 0 Å². The van der Waals surface area contributed by atoms with Crippen molar-refractivity contribution in [2.24, 2.45) is 5.73 Å². The molecular formula is C11H16BrNO. The van der Waals surface area contributed by atoms with E-state index in [1.807, 2.05) is 12.1 Å². The smallest absolute Gasteiger partial charge is 0.0555 e. The third kappa shape index (κ3) is 4.22. The first-order chi connectivity index (χ1) is 6.72. The van der Waals surface area contributed by atoms with E-state index in [1.165, 1.54) is 5.56 Å². The van der Waals surface area contributed by atoms with Crippen molar-refractivity contribution in [1.29, 1.82) is 0 Å². The highest BCUT2D eigenvalue weighted by atomic mass is 79.9. The van der Waals surface area contributed by atoms with E-state index in [9.17, 15) is 5.11 Å². The van der Waals surface area contributed by atoms with Gasteiger partial charge in [0.05, 0.1) is 6.10 Å². The Hall–Kier alpha value is -0.380. The first kappa shape index (κ1) is 11.7. The maximum atomic E-state index is 9.48. The summed E-state index contributed by atoms with van der Waals surface area (Å²) in [6, 6.07) is 8.17. The highest BCUT2D eigenvalue weighted by molar-refractivity contribution is 9.10. The van der Waals surface area contributed by atoms with Gasteiger partial charge in [0.25, 0.3) is 0 Å². The van der Waals surface area contributed by atoms with Crippen molar-refractivity contribution >= 4 is 15.9 Å². The molecule has 0 aliphatic carbocycles. The molecule has 0 bridgehead atoms. The number of aliphatic hydroxyl groups excluding tert-OH is 1. The van der Waals surface area contributed by atoms with Crippen molar-refractivity contribution in [3.63, 3.8) is 0 Å². The van der Waals surface area contributed by atoms with Crippen LogP contribution < -0.4 is 5.73 Å². The standard InChI is InChI=1S/C11H16BrNO/c12-10-4-1-9(2-5-10)3-6-11(14)7-8-13/h1-2,4-5,11,14H,3,6-8,13H2/t11-/m1/s1. The van der Waals surface area contributed by atoms with E-state index in [1.54, 1.807) is 0 Å². The summed E-state index contributed by atoms with van der Waals surface area (Å²) in [5.41, 5.74) is 6.61. The first-order valence-corrected chi connectivity index (χ1v) is 5.64. The van der Waals surface area contributed by atoms with Crippen molar-refractivity contribution in [3.05, 3.63) is 34.3 Å². The lowest BCUT2D eigenvalue weighted by molar-refractivity contribution is 0.157. The van der Waals surface area contributed by atoms with Crippen LogP contribution >= 0.6 is 15.9 Å². The van der Waals surface area contributed by atoms with E-state index in [0.717, 1.165) is 17.3 Å². The van der Waals surface area contributed by atoms with Gasteiger partial charge in [0, 0.05) is 4.47 Å². The van der Waals surface area contributed by atoms with E-state index in [0.29, 0.717) is 13.0 Å². The van der Waals surface area contributed by atoms with Crippen LogP contribution in [-0.4, -0.2) is 17.8 Å². The zero-order valence-corrected chi connectivity index (χ0v) is 9.70. The average molecular weight is 258 g/mol. The summed E-state index contributed by atoms with van der Waals surface area (Å²) in [7, 11) is 0. The molecule has 0 radical (unpaired) electrons. The summed E-state index contributed by atoms with van der Waals surface area (Å²) in [4.78, 5) is 0. The van der Waals surface area contributed by atoms with Gasteiger partial charge in [0.15, 0.2) is 0 Å². The van der Waals surface area contributed by atoms with Crippen molar-refractivity contribution in [1.82, 2.24) is 0 Å². The molecular weight excluding hydrogens is 242 g/mol. The minimum atomic E-state index is -0.261. The maximum Gasteiger partial charge on any atom is 0.0555 e. The zero-order chi connectivity index (χ0) is 10.4. The molecule has 3 N–H and O–H groups in total. The molecule has 0 amide bonds. The van der Waals surface area contributed by atoms with Gasteiger partial charge >= 0.3 is 0 Å². The molecule has 0 heterocycles. The SMILES string of the molecule is NCC[C@H](O)CCc1ccc(Br)cc1. The molecule has 0 aliphatic rings. The summed E-state index contributed by atoms with van der Waals surface area (Å²) in [5.74, 6) is 0. The Morgan fingerprint density at radius 3 is 2.43 bits per heavy atom. The first-order valence-electron chi connectivity index (χ1n) is 4.85. The van der Waals surface area contributed by atoms with Crippen LogP contribution in [0.3, 0.4) is 0 Å². The number of hydrogen-bond donors (Lipinski definition) is 2. The second-order valence-electron chi connectivity index (χ2n) is 3.40. The van der Waals surface area contributed by atoms with Gasteiger partial charge in [0.1, 0.15) is 0 Å².